The summed E-state index contributed by atoms with van der Waals surface area (Å²) in [5.74, 6) is 0.652. The quantitative estimate of drug-likeness (QED) is 0.749. The summed E-state index contributed by atoms with van der Waals surface area (Å²) in [6.45, 7) is 2.77. The number of hydrogen-bond donors (Lipinski definition) is 1. The van der Waals surface area contributed by atoms with E-state index in [-0.39, 0.29) is 5.56 Å². The number of aromatic nitrogens is 2. The van der Waals surface area contributed by atoms with Crippen LogP contribution in [0.15, 0.2) is 23.0 Å². The van der Waals surface area contributed by atoms with Gasteiger partial charge in [-0.05, 0) is 12.1 Å². The fourth-order valence-electron chi connectivity index (χ4n) is 2.35. The molecule has 2 N–H and O–H groups in total. The molecule has 0 radical (unpaired) electrons. The van der Waals surface area contributed by atoms with Gasteiger partial charge >= 0.3 is 0 Å². The molecule has 1 aliphatic heterocycles. The Bertz CT molecular complexity index is 674. The fraction of sp³-hybridized carbons (Fsp3) is 0.385. The number of benzene rings is 1. The lowest BCUT2D eigenvalue weighted by atomic mass is 10.2. The molecule has 2 aromatic rings. The highest BCUT2D eigenvalue weighted by Gasteiger charge is 2.18. The van der Waals surface area contributed by atoms with E-state index in [9.17, 15) is 4.79 Å². The van der Waals surface area contributed by atoms with Crippen molar-refractivity contribution in [3.05, 3.63) is 28.6 Å². The summed E-state index contributed by atoms with van der Waals surface area (Å²) in [5, 5.41) is 0.555. The molecule has 0 atom stereocenters. The first-order chi connectivity index (χ1) is 9.18. The Morgan fingerprint density at radius 3 is 2.79 bits per heavy atom. The van der Waals surface area contributed by atoms with E-state index in [4.69, 9.17) is 10.5 Å². The highest BCUT2D eigenvalue weighted by atomic mass is 16.5. The molecule has 0 bridgehead atoms. The number of ether oxygens (including phenoxy) is 1. The minimum absolute atomic E-state index is 0.0706. The molecule has 0 amide bonds. The van der Waals surface area contributed by atoms with Gasteiger partial charge in [-0.1, -0.05) is 6.07 Å². The third-order valence-electron chi connectivity index (χ3n) is 3.41. The van der Waals surface area contributed by atoms with Crippen LogP contribution in [-0.4, -0.2) is 35.9 Å². The molecular weight excluding hydrogens is 244 g/mol. The maximum atomic E-state index is 12.4. The average molecular weight is 260 g/mol. The van der Waals surface area contributed by atoms with Crippen molar-refractivity contribution in [2.75, 3.05) is 36.9 Å². The molecule has 2 heterocycles. The summed E-state index contributed by atoms with van der Waals surface area (Å²) in [6, 6.07) is 5.29. The highest BCUT2D eigenvalue weighted by Crippen LogP contribution is 2.19. The van der Waals surface area contributed by atoms with Gasteiger partial charge in [0.05, 0.1) is 24.3 Å². The molecule has 100 valence electrons. The van der Waals surface area contributed by atoms with E-state index >= 15 is 0 Å². The van der Waals surface area contributed by atoms with Gasteiger partial charge in [0.15, 0.2) is 0 Å². The van der Waals surface area contributed by atoms with Gasteiger partial charge in [0, 0.05) is 20.1 Å². The maximum Gasteiger partial charge on any atom is 0.262 e. The van der Waals surface area contributed by atoms with Gasteiger partial charge in [0.2, 0.25) is 5.95 Å². The summed E-state index contributed by atoms with van der Waals surface area (Å²) in [5.41, 5.74) is 6.96. The Hall–Kier alpha value is -2.08. The molecule has 19 heavy (non-hydrogen) atoms. The first-order valence-corrected chi connectivity index (χ1v) is 6.26. The van der Waals surface area contributed by atoms with Crippen LogP contribution in [-0.2, 0) is 11.8 Å². The molecular formula is C13H16N4O2. The van der Waals surface area contributed by atoms with Crippen LogP contribution in [0.3, 0.4) is 0 Å². The van der Waals surface area contributed by atoms with E-state index in [1.807, 2.05) is 0 Å². The van der Waals surface area contributed by atoms with Gasteiger partial charge in [-0.25, -0.2) is 4.98 Å². The number of nitrogens with zero attached hydrogens (tertiary/aromatic N) is 3. The van der Waals surface area contributed by atoms with Gasteiger partial charge in [-0.15, -0.1) is 0 Å². The summed E-state index contributed by atoms with van der Waals surface area (Å²) >= 11 is 0. The minimum atomic E-state index is -0.0706. The van der Waals surface area contributed by atoms with Crippen LogP contribution in [0.4, 0.5) is 11.6 Å². The van der Waals surface area contributed by atoms with E-state index in [0.29, 0.717) is 35.8 Å². The Labute approximate surface area is 110 Å². The Morgan fingerprint density at radius 1 is 1.32 bits per heavy atom. The summed E-state index contributed by atoms with van der Waals surface area (Å²) < 4.78 is 6.90. The van der Waals surface area contributed by atoms with Gasteiger partial charge < -0.3 is 15.4 Å². The van der Waals surface area contributed by atoms with Crippen LogP contribution in [0, 0.1) is 0 Å². The van der Waals surface area contributed by atoms with Gasteiger partial charge in [0.25, 0.3) is 5.56 Å². The topological polar surface area (TPSA) is 73.4 Å². The Morgan fingerprint density at radius 2 is 2.05 bits per heavy atom. The summed E-state index contributed by atoms with van der Waals surface area (Å²) in [7, 11) is 1.74. The lowest BCUT2D eigenvalue weighted by Gasteiger charge is -2.29. The number of morpholine rings is 1. The normalized spacial score (nSPS) is 15.9. The van der Waals surface area contributed by atoms with Crippen LogP contribution >= 0.6 is 0 Å². The number of nitrogens with two attached hydrogens (primary N) is 1. The number of anilines is 2. The average Bonchev–Trinajstić information content (AvgIpc) is 2.44. The first kappa shape index (κ1) is 12.0. The molecule has 6 heteroatoms. The van der Waals surface area contributed by atoms with Crippen molar-refractivity contribution in [2.24, 2.45) is 7.05 Å². The molecule has 1 aliphatic rings. The summed E-state index contributed by atoms with van der Waals surface area (Å²) in [4.78, 5) is 19.0. The molecule has 1 aromatic heterocycles. The molecule has 1 fully saturated rings. The third kappa shape index (κ3) is 1.94. The third-order valence-corrected chi connectivity index (χ3v) is 3.41. The number of rotatable bonds is 1. The van der Waals surface area contributed by atoms with Crippen molar-refractivity contribution < 1.29 is 4.74 Å². The standard InChI is InChI=1S/C13H16N4O2/c1-16-12(18)9-3-2-4-10(14)11(9)15-13(16)17-5-7-19-8-6-17/h2-4H,5-8,14H2,1H3. The lowest BCUT2D eigenvalue weighted by Crippen LogP contribution is -2.40. The van der Waals surface area contributed by atoms with E-state index in [2.05, 4.69) is 9.88 Å². The van der Waals surface area contributed by atoms with Crippen molar-refractivity contribution in [3.63, 3.8) is 0 Å². The van der Waals surface area contributed by atoms with E-state index in [1.54, 1.807) is 29.8 Å². The van der Waals surface area contributed by atoms with E-state index in [1.165, 1.54) is 0 Å². The molecule has 0 aliphatic carbocycles. The molecule has 0 saturated carbocycles. The van der Waals surface area contributed by atoms with Crippen molar-refractivity contribution in [1.82, 2.24) is 9.55 Å². The van der Waals surface area contributed by atoms with Gasteiger partial charge in [-0.3, -0.25) is 9.36 Å². The molecule has 0 spiro atoms. The van der Waals surface area contributed by atoms with Crippen molar-refractivity contribution >= 4 is 22.5 Å². The zero-order chi connectivity index (χ0) is 13.4. The second kappa shape index (κ2) is 4.55. The van der Waals surface area contributed by atoms with Crippen LogP contribution < -0.4 is 16.2 Å². The van der Waals surface area contributed by atoms with E-state index in [0.717, 1.165) is 13.1 Å². The zero-order valence-electron chi connectivity index (χ0n) is 10.8. The first-order valence-electron chi connectivity index (χ1n) is 6.26. The van der Waals surface area contributed by atoms with Crippen molar-refractivity contribution in [1.29, 1.82) is 0 Å². The largest absolute Gasteiger partial charge is 0.397 e. The molecule has 0 unspecified atom stereocenters. The molecule has 1 saturated heterocycles. The molecule has 6 nitrogen and oxygen atoms in total. The van der Waals surface area contributed by atoms with Crippen molar-refractivity contribution in [3.8, 4) is 0 Å². The highest BCUT2D eigenvalue weighted by molar-refractivity contribution is 5.89. The summed E-state index contributed by atoms with van der Waals surface area (Å²) in [6.07, 6.45) is 0. The van der Waals surface area contributed by atoms with E-state index < -0.39 is 0 Å². The van der Waals surface area contributed by atoms with Crippen LogP contribution in [0.1, 0.15) is 0 Å². The maximum absolute atomic E-state index is 12.4. The van der Waals surface area contributed by atoms with Gasteiger partial charge in [0.1, 0.15) is 5.52 Å². The SMILES string of the molecule is Cn1c(N2CCOCC2)nc2c(N)cccc2c1=O. The smallest absolute Gasteiger partial charge is 0.262 e. The van der Waals surface area contributed by atoms with Crippen LogP contribution in [0.2, 0.25) is 0 Å². The predicted octanol–water partition coefficient (Wildman–Crippen LogP) is 0.352. The number of para-hydroxylation sites is 1. The molecule has 1 aromatic carbocycles. The lowest BCUT2D eigenvalue weighted by molar-refractivity contribution is 0.121. The van der Waals surface area contributed by atoms with Gasteiger partial charge in [-0.2, -0.15) is 0 Å². The van der Waals surface area contributed by atoms with Crippen LogP contribution in [0.25, 0.3) is 10.9 Å². The monoisotopic (exact) mass is 260 g/mol. The molecule has 3 rings (SSSR count). The van der Waals surface area contributed by atoms with Crippen LogP contribution in [0.5, 0.6) is 0 Å². The number of hydrogen-bond acceptors (Lipinski definition) is 5. The second-order valence-corrected chi connectivity index (χ2v) is 4.62. The Balaban J connectivity index is 2.22. The zero-order valence-corrected chi connectivity index (χ0v) is 10.8. The van der Waals surface area contributed by atoms with Crippen molar-refractivity contribution in [2.45, 2.75) is 0 Å². The fourth-order valence-corrected chi connectivity index (χ4v) is 2.35. The predicted molar refractivity (Wildman–Crippen MR) is 74.4 cm³/mol. The number of fused-ring (bicyclic) bond motifs is 1. The number of nitrogen functional groups attached to an aromatic ring is 1. The Kier molecular flexibility index (Phi) is 2.87. The minimum Gasteiger partial charge on any atom is -0.397 e. The second-order valence-electron chi connectivity index (χ2n) is 4.62.